The first-order valence-electron chi connectivity index (χ1n) is 3.57. The molecule has 1 aromatic heterocycles. The van der Waals surface area contributed by atoms with E-state index >= 15 is 0 Å². The lowest BCUT2D eigenvalue weighted by molar-refractivity contribution is 0.112. The minimum absolute atomic E-state index is 0.161. The molecule has 2 rings (SSSR count). The average molecular weight is 257 g/mol. The van der Waals surface area contributed by atoms with Crippen molar-refractivity contribution in [3.8, 4) is 5.75 Å². The van der Waals surface area contributed by atoms with E-state index in [4.69, 9.17) is 0 Å². The number of aromatic hydroxyl groups is 1. The van der Waals surface area contributed by atoms with Crippen molar-refractivity contribution in [2.45, 2.75) is 0 Å². The average Bonchev–Trinajstić information content (AvgIpc) is 2.48. The topological polar surface area (TPSA) is 37.3 Å². The van der Waals surface area contributed by atoms with Crippen LogP contribution in [0.25, 0.3) is 10.1 Å². The van der Waals surface area contributed by atoms with E-state index in [0.717, 1.165) is 16.4 Å². The quantitative estimate of drug-likeness (QED) is 0.796. The predicted molar refractivity (Wildman–Crippen MR) is 56.6 cm³/mol. The van der Waals surface area contributed by atoms with Gasteiger partial charge in [-0.1, -0.05) is 0 Å². The summed E-state index contributed by atoms with van der Waals surface area (Å²) in [7, 11) is 0. The summed E-state index contributed by atoms with van der Waals surface area (Å²) in [5, 5.41) is 12.0. The first-order valence-corrected chi connectivity index (χ1v) is 5.24. The van der Waals surface area contributed by atoms with E-state index in [1.807, 2.05) is 6.07 Å². The highest BCUT2D eigenvalue weighted by molar-refractivity contribution is 9.10. The van der Waals surface area contributed by atoms with Crippen LogP contribution in [0, 0.1) is 0 Å². The summed E-state index contributed by atoms with van der Waals surface area (Å²) < 4.78 is 1.64. The number of halogens is 1. The molecule has 0 aliphatic heterocycles. The van der Waals surface area contributed by atoms with E-state index in [9.17, 15) is 9.90 Å². The van der Waals surface area contributed by atoms with Gasteiger partial charge in [-0.05, 0) is 28.1 Å². The molecule has 0 fully saturated rings. The number of carbonyl (C=O) groups is 1. The number of aldehydes is 1. The predicted octanol–water partition coefficient (Wildman–Crippen LogP) is 3.18. The minimum atomic E-state index is 0.161. The van der Waals surface area contributed by atoms with Crippen LogP contribution in [0.15, 0.2) is 22.0 Å². The minimum Gasteiger partial charge on any atom is -0.507 e. The second-order valence-corrected chi connectivity index (χ2v) is 4.37. The molecule has 0 amide bonds. The molecule has 1 aromatic carbocycles. The van der Waals surface area contributed by atoms with Crippen molar-refractivity contribution in [2.75, 3.05) is 0 Å². The Morgan fingerprint density at radius 3 is 2.92 bits per heavy atom. The molecule has 66 valence electrons. The first kappa shape index (κ1) is 8.72. The van der Waals surface area contributed by atoms with Gasteiger partial charge in [0.1, 0.15) is 5.75 Å². The molecule has 0 bridgehead atoms. The number of benzene rings is 1. The summed E-state index contributed by atoms with van der Waals surface area (Å²) in [4.78, 5) is 10.6. The largest absolute Gasteiger partial charge is 0.507 e. The van der Waals surface area contributed by atoms with E-state index < -0.39 is 0 Å². The molecule has 0 saturated carbocycles. The van der Waals surface area contributed by atoms with Crippen LogP contribution in [0.5, 0.6) is 5.75 Å². The molecular formula is C9H5BrO2S. The van der Waals surface area contributed by atoms with Gasteiger partial charge < -0.3 is 5.11 Å². The highest BCUT2D eigenvalue weighted by atomic mass is 79.9. The maximum atomic E-state index is 10.6. The number of thiophene rings is 1. The van der Waals surface area contributed by atoms with Crippen molar-refractivity contribution in [1.29, 1.82) is 0 Å². The molecular weight excluding hydrogens is 252 g/mol. The van der Waals surface area contributed by atoms with E-state index in [-0.39, 0.29) is 5.75 Å². The molecule has 13 heavy (non-hydrogen) atoms. The van der Waals surface area contributed by atoms with Crippen LogP contribution in [0.1, 0.15) is 10.4 Å². The van der Waals surface area contributed by atoms with E-state index in [1.165, 1.54) is 11.3 Å². The molecule has 0 aliphatic carbocycles. The summed E-state index contributed by atoms with van der Waals surface area (Å²) >= 11 is 4.70. The fourth-order valence-electron chi connectivity index (χ4n) is 1.15. The van der Waals surface area contributed by atoms with Crippen LogP contribution < -0.4 is 0 Å². The highest BCUT2D eigenvalue weighted by Gasteiger charge is 2.06. The number of carbonyl (C=O) groups excluding carboxylic acids is 1. The molecule has 2 nitrogen and oxygen atoms in total. The van der Waals surface area contributed by atoms with Gasteiger partial charge in [0, 0.05) is 21.0 Å². The third-order valence-electron chi connectivity index (χ3n) is 1.80. The lowest BCUT2D eigenvalue weighted by Gasteiger charge is -1.96. The van der Waals surface area contributed by atoms with Crippen LogP contribution in [-0.4, -0.2) is 11.4 Å². The zero-order valence-electron chi connectivity index (χ0n) is 6.45. The standard InChI is InChI=1S/C9H5BrO2S/c10-7-2-9-6(1-8(7)12)5(3-11)4-13-9/h1-4,12H. The Morgan fingerprint density at radius 1 is 1.46 bits per heavy atom. The summed E-state index contributed by atoms with van der Waals surface area (Å²) in [5.41, 5.74) is 0.628. The first-order chi connectivity index (χ1) is 6.22. The summed E-state index contributed by atoms with van der Waals surface area (Å²) in [6.45, 7) is 0. The second-order valence-electron chi connectivity index (χ2n) is 2.61. The Bertz CT molecular complexity index is 476. The normalized spacial score (nSPS) is 10.5. The van der Waals surface area contributed by atoms with Gasteiger partial charge in [-0.25, -0.2) is 0 Å². The third-order valence-corrected chi connectivity index (χ3v) is 3.40. The summed E-state index contributed by atoms with van der Waals surface area (Å²) in [5.74, 6) is 0.161. The van der Waals surface area contributed by atoms with Crippen LogP contribution in [0.2, 0.25) is 0 Å². The second kappa shape index (κ2) is 3.12. The van der Waals surface area contributed by atoms with Crippen LogP contribution >= 0.6 is 27.3 Å². The SMILES string of the molecule is O=Cc1csc2cc(Br)c(O)cc12. The number of phenolic OH excluding ortho intramolecular Hbond substituents is 1. The van der Waals surface area contributed by atoms with Gasteiger partial charge in [-0.2, -0.15) is 0 Å². The van der Waals surface area contributed by atoms with Crippen LogP contribution in [0.4, 0.5) is 0 Å². The van der Waals surface area contributed by atoms with Crippen molar-refractivity contribution < 1.29 is 9.90 Å². The summed E-state index contributed by atoms with van der Waals surface area (Å²) in [6.07, 6.45) is 0.798. The fourth-order valence-corrected chi connectivity index (χ4v) is 2.57. The zero-order chi connectivity index (χ0) is 9.42. The van der Waals surface area contributed by atoms with E-state index in [1.54, 1.807) is 11.4 Å². The van der Waals surface area contributed by atoms with Gasteiger partial charge in [-0.3, -0.25) is 4.79 Å². The smallest absolute Gasteiger partial charge is 0.151 e. The molecule has 2 aromatic rings. The Morgan fingerprint density at radius 2 is 2.23 bits per heavy atom. The molecule has 1 heterocycles. The van der Waals surface area contributed by atoms with Gasteiger partial charge in [-0.15, -0.1) is 11.3 Å². The molecule has 4 heteroatoms. The Kier molecular flexibility index (Phi) is 2.09. The zero-order valence-corrected chi connectivity index (χ0v) is 8.85. The van der Waals surface area contributed by atoms with Gasteiger partial charge in [0.25, 0.3) is 0 Å². The van der Waals surface area contributed by atoms with Crippen LogP contribution in [-0.2, 0) is 0 Å². The Balaban J connectivity index is 2.84. The lowest BCUT2D eigenvalue weighted by Crippen LogP contribution is -1.75. The number of phenols is 1. The van der Waals surface area contributed by atoms with Gasteiger partial charge in [0.15, 0.2) is 6.29 Å². The number of rotatable bonds is 1. The molecule has 0 atom stereocenters. The molecule has 0 spiro atoms. The van der Waals surface area contributed by atoms with Crippen molar-refractivity contribution in [3.63, 3.8) is 0 Å². The molecule has 0 unspecified atom stereocenters. The molecule has 1 N–H and O–H groups in total. The van der Waals surface area contributed by atoms with E-state index in [0.29, 0.717) is 10.0 Å². The number of hydrogen-bond acceptors (Lipinski definition) is 3. The molecule has 0 radical (unpaired) electrons. The monoisotopic (exact) mass is 256 g/mol. The highest BCUT2D eigenvalue weighted by Crippen LogP contribution is 2.33. The lowest BCUT2D eigenvalue weighted by atomic mass is 10.2. The van der Waals surface area contributed by atoms with Crippen molar-refractivity contribution in [3.05, 3.63) is 27.5 Å². The molecule has 0 saturated heterocycles. The van der Waals surface area contributed by atoms with Crippen molar-refractivity contribution in [1.82, 2.24) is 0 Å². The van der Waals surface area contributed by atoms with E-state index in [2.05, 4.69) is 15.9 Å². The van der Waals surface area contributed by atoms with Gasteiger partial charge in [0.2, 0.25) is 0 Å². The Hall–Kier alpha value is -0.870. The molecule has 0 aliphatic rings. The maximum Gasteiger partial charge on any atom is 0.151 e. The van der Waals surface area contributed by atoms with Crippen molar-refractivity contribution >= 4 is 43.6 Å². The van der Waals surface area contributed by atoms with Gasteiger partial charge >= 0.3 is 0 Å². The number of hydrogen-bond donors (Lipinski definition) is 1. The maximum absolute atomic E-state index is 10.6. The Labute approximate surface area is 86.9 Å². The fraction of sp³-hybridized carbons (Fsp3) is 0. The third kappa shape index (κ3) is 1.36. The van der Waals surface area contributed by atoms with Crippen LogP contribution in [0.3, 0.4) is 0 Å². The summed E-state index contributed by atoms with van der Waals surface area (Å²) in [6, 6.07) is 3.40. The van der Waals surface area contributed by atoms with Gasteiger partial charge in [0.05, 0.1) is 4.47 Å². The number of fused-ring (bicyclic) bond motifs is 1. The van der Waals surface area contributed by atoms with Crippen molar-refractivity contribution in [2.24, 2.45) is 0 Å².